The number of carbonyl (C=O) groups is 2. The summed E-state index contributed by atoms with van der Waals surface area (Å²) in [5.74, 6) is -0.423. The molecule has 1 saturated heterocycles. The van der Waals surface area contributed by atoms with Gasteiger partial charge in [-0.25, -0.2) is 4.79 Å². The van der Waals surface area contributed by atoms with Crippen molar-refractivity contribution in [2.24, 2.45) is 0 Å². The number of halogens is 4. The summed E-state index contributed by atoms with van der Waals surface area (Å²) in [6, 6.07) is 6.62. The Labute approximate surface area is 157 Å². The van der Waals surface area contributed by atoms with E-state index in [2.05, 4.69) is 10.3 Å². The van der Waals surface area contributed by atoms with Crippen LogP contribution in [0.5, 0.6) is 0 Å². The summed E-state index contributed by atoms with van der Waals surface area (Å²) in [5.41, 5.74) is -0.233. The zero-order valence-corrected chi connectivity index (χ0v) is 14.6. The largest absolute Gasteiger partial charge is 0.433 e. The lowest BCUT2D eigenvalue weighted by atomic mass is 9.92. The van der Waals surface area contributed by atoms with Crippen LogP contribution in [0.1, 0.15) is 28.8 Å². The summed E-state index contributed by atoms with van der Waals surface area (Å²) < 4.78 is 37.9. The van der Waals surface area contributed by atoms with Gasteiger partial charge in [-0.15, -0.1) is 0 Å². The SMILES string of the molecule is O=C1NC2(CCc3cc(Cl)ccc32)C(=O)N1Cc1ccc(C(F)(F)F)nc1. The van der Waals surface area contributed by atoms with Crippen molar-refractivity contribution < 1.29 is 22.8 Å². The number of benzene rings is 1. The van der Waals surface area contributed by atoms with Gasteiger partial charge in [-0.3, -0.25) is 14.7 Å². The number of carbonyl (C=O) groups excluding carboxylic acids is 2. The number of aromatic nitrogens is 1. The van der Waals surface area contributed by atoms with Crippen LogP contribution < -0.4 is 5.32 Å². The molecule has 0 bridgehead atoms. The van der Waals surface area contributed by atoms with Gasteiger partial charge < -0.3 is 5.32 Å². The molecular formula is C18H13ClF3N3O2. The number of alkyl halides is 3. The Morgan fingerprint density at radius 2 is 2.00 bits per heavy atom. The third-order valence-electron chi connectivity index (χ3n) is 4.93. The molecule has 1 aliphatic carbocycles. The average Bonchev–Trinajstić information content (AvgIpc) is 3.07. The highest BCUT2D eigenvalue weighted by atomic mass is 35.5. The standard InChI is InChI=1S/C18H13ClF3N3O2/c19-12-2-3-13-11(7-12)5-6-17(13)15(26)25(16(27)24-17)9-10-1-4-14(23-8-10)18(20,21)22/h1-4,7-8H,5-6,9H2,(H,24,27). The van der Waals surface area contributed by atoms with Gasteiger partial charge in [0.25, 0.3) is 5.91 Å². The number of nitrogens with one attached hydrogen (secondary N) is 1. The van der Waals surface area contributed by atoms with Gasteiger partial charge in [0.2, 0.25) is 0 Å². The summed E-state index contributed by atoms with van der Waals surface area (Å²) in [5, 5.41) is 3.31. The van der Waals surface area contributed by atoms with E-state index >= 15 is 0 Å². The molecule has 1 unspecified atom stereocenters. The van der Waals surface area contributed by atoms with Crippen LogP contribution in [0.4, 0.5) is 18.0 Å². The van der Waals surface area contributed by atoms with E-state index in [9.17, 15) is 22.8 Å². The Morgan fingerprint density at radius 3 is 2.67 bits per heavy atom. The van der Waals surface area contributed by atoms with Gasteiger partial charge in [0.1, 0.15) is 11.2 Å². The van der Waals surface area contributed by atoms with Gasteiger partial charge in [0, 0.05) is 11.2 Å². The van der Waals surface area contributed by atoms with Crippen molar-refractivity contribution in [2.45, 2.75) is 31.1 Å². The summed E-state index contributed by atoms with van der Waals surface area (Å²) in [6.07, 6.45) is -2.51. The number of aryl methyl sites for hydroxylation is 1. The molecule has 1 spiro atoms. The van der Waals surface area contributed by atoms with Gasteiger partial charge in [-0.1, -0.05) is 23.7 Å². The normalized spacial score (nSPS) is 21.7. The number of hydrogen-bond acceptors (Lipinski definition) is 3. The number of amides is 3. The van der Waals surface area contributed by atoms with E-state index in [1.165, 1.54) is 6.07 Å². The molecule has 27 heavy (non-hydrogen) atoms. The van der Waals surface area contributed by atoms with E-state index in [-0.39, 0.29) is 6.54 Å². The molecule has 140 valence electrons. The molecule has 5 nitrogen and oxygen atoms in total. The molecule has 1 aromatic carbocycles. The fourth-order valence-electron chi connectivity index (χ4n) is 3.63. The first kappa shape index (κ1) is 17.8. The van der Waals surface area contributed by atoms with Gasteiger partial charge in [-0.2, -0.15) is 13.2 Å². The van der Waals surface area contributed by atoms with Gasteiger partial charge in [0.05, 0.1) is 6.54 Å². The van der Waals surface area contributed by atoms with Crippen molar-refractivity contribution in [3.05, 3.63) is 63.9 Å². The van der Waals surface area contributed by atoms with Crippen molar-refractivity contribution in [1.29, 1.82) is 0 Å². The smallest absolute Gasteiger partial charge is 0.319 e. The fraction of sp³-hybridized carbons (Fsp3) is 0.278. The first-order valence-electron chi connectivity index (χ1n) is 8.16. The van der Waals surface area contributed by atoms with Crippen molar-refractivity contribution in [3.63, 3.8) is 0 Å². The summed E-state index contributed by atoms with van der Waals surface area (Å²) in [6.45, 7) is -0.152. The number of fused-ring (bicyclic) bond motifs is 2. The predicted molar refractivity (Wildman–Crippen MR) is 89.8 cm³/mol. The molecule has 0 radical (unpaired) electrons. The lowest BCUT2D eigenvalue weighted by Gasteiger charge is -2.22. The number of imide groups is 1. The van der Waals surface area contributed by atoms with E-state index in [0.717, 1.165) is 22.7 Å². The number of nitrogens with zero attached hydrogens (tertiary/aromatic N) is 2. The van der Waals surface area contributed by atoms with E-state index in [1.807, 2.05) is 0 Å². The third kappa shape index (κ3) is 2.84. The summed E-state index contributed by atoms with van der Waals surface area (Å²) >= 11 is 5.99. The minimum atomic E-state index is -4.54. The predicted octanol–water partition coefficient (Wildman–Crippen LogP) is 3.65. The maximum absolute atomic E-state index is 13.0. The van der Waals surface area contributed by atoms with Crippen LogP contribution in [0.3, 0.4) is 0 Å². The second-order valence-electron chi connectivity index (χ2n) is 6.58. The van der Waals surface area contributed by atoms with Crippen LogP contribution in [0.25, 0.3) is 0 Å². The third-order valence-corrected chi connectivity index (χ3v) is 5.16. The van der Waals surface area contributed by atoms with E-state index in [4.69, 9.17) is 11.6 Å². The zero-order valence-electron chi connectivity index (χ0n) is 13.8. The molecule has 2 heterocycles. The van der Waals surface area contributed by atoms with Crippen molar-refractivity contribution in [3.8, 4) is 0 Å². The molecule has 1 aliphatic heterocycles. The minimum Gasteiger partial charge on any atom is -0.319 e. The molecule has 3 amide bonds. The number of pyridine rings is 1. The second kappa shape index (κ2) is 5.95. The molecule has 2 aliphatic rings. The first-order valence-corrected chi connectivity index (χ1v) is 8.54. The van der Waals surface area contributed by atoms with E-state index in [1.54, 1.807) is 18.2 Å². The number of rotatable bonds is 2. The Hall–Kier alpha value is -2.61. The highest BCUT2D eigenvalue weighted by molar-refractivity contribution is 6.30. The van der Waals surface area contributed by atoms with Crippen LogP contribution >= 0.6 is 11.6 Å². The average molecular weight is 396 g/mol. The molecule has 2 aromatic rings. The second-order valence-corrected chi connectivity index (χ2v) is 7.01. The van der Waals surface area contributed by atoms with Gasteiger partial charge in [-0.05, 0) is 47.7 Å². The minimum absolute atomic E-state index is 0.152. The quantitative estimate of drug-likeness (QED) is 0.789. The highest BCUT2D eigenvalue weighted by Gasteiger charge is 2.55. The Balaban J connectivity index is 1.60. The highest BCUT2D eigenvalue weighted by Crippen LogP contribution is 2.42. The summed E-state index contributed by atoms with van der Waals surface area (Å²) in [4.78, 5) is 29.8. The molecule has 1 aromatic heterocycles. The lowest BCUT2D eigenvalue weighted by molar-refractivity contribution is -0.141. The molecule has 1 N–H and O–H groups in total. The fourth-order valence-corrected chi connectivity index (χ4v) is 3.83. The molecule has 1 fully saturated rings. The Bertz CT molecular complexity index is 946. The molecule has 9 heteroatoms. The van der Waals surface area contributed by atoms with Crippen molar-refractivity contribution in [1.82, 2.24) is 15.2 Å². The molecular weight excluding hydrogens is 383 g/mol. The number of hydrogen-bond donors (Lipinski definition) is 1. The van der Waals surface area contributed by atoms with Crippen LogP contribution in [-0.4, -0.2) is 21.8 Å². The van der Waals surface area contributed by atoms with Crippen LogP contribution in [0, 0.1) is 0 Å². The maximum Gasteiger partial charge on any atom is 0.433 e. The molecule has 1 atom stereocenters. The van der Waals surface area contributed by atoms with E-state index < -0.39 is 29.3 Å². The monoisotopic (exact) mass is 395 g/mol. The molecule has 0 saturated carbocycles. The zero-order chi connectivity index (χ0) is 19.4. The lowest BCUT2D eigenvalue weighted by Crippen LogP contribution is -2.41. The van der Waals surface area contributed by atoms with Crippen LogP contribution in [0.15, 0.2) is 36.5 Å². The van der Waals surface area contributed by atoms with Crippen molar-refractivity contribution >= 4 is 23.5 Å². The van der Waals surface area contributed by atoms with Gasteiger partial charge in [0.15, 0.2) is 0 Å². The Morgan fingerprint density at radius 1 is 1.22 bits per heavy atom. The maximum atomic E-state index is 13.0. The van der Waals surface area contributed by atoms with Gasteiger partial charge >= 0.3 is 12.2 Å². The first-order chi connectivity index (χ1) is 12.7. The number of urea groups is 1. The molecule has 4 rings (SSSR count). The van der Waals surface area contributed by atoms with Crippen LogP contribution in [0.2, 0.25) is 5.02 Å². The Kier molecular flexibility index (Phi) is 3.92. The van der Waals surface area contributed by atoms with E-state index in [0.29, 0.717) is 29.0 Å². The van der Waals surface area contributed by atoms with Crippen LogP contribution in [-0.2, 0) is 29.5 Å². The topological polar surface area (TPSA) is 62.3 Å². The summed E-state index contributed by atoms with van der Waals surface area (Å²) in [7, 11) is 0. The van der Waals surface area contributed by atoms with Crippen molar-refractivity contribution in [2.75, 3.05) is 0 Å².